The highest BCUT2D eigenvalue weighted by Gasteiger charge is 2.19. The molecule has 1 saturated heterocycles. The zero-order chi connectivity index (χ0) is 11.1. The molecule has 2 unspecified atom stereocenters. The van der Waals surface area contributed by atoms with Crippen LogP contribution in [0.3, 0.4) is 0 Å². The maximum absolute atomic E-state index is 4.48. The van der Waals surface area contributed by atoms with E-state index in [2.05, 4.69) is 31.4 Å². The first kappa shape index (κ1) is 13.4. The van der Waals surface area contributed by atoms with Crippen LogP contribution in [0.25, 0.3) is 0 Å². The molecule has 1 aliphatic heterocycles. The van der Waals surface area contributed by atoms with Gasteiger partial charge in [-0.05, 0) is 44.4 Å². The molecule has 0 N–H and O–H groups in total. The highest BCUT2D eigenvalue weighted by atomic mass is 32.1. The SMILES string of the molecule is CCCC(CS)CN1CCCCCC1C. The van der Waals surface area contributed by atoms with Crippen molar-refractivity contribution in [3.8, 4) is 0 Å². The average Bonchev–Trinajstić information content (AvgIpc) is 2.43. The third-order valence-corrected chi connectivity index (χ3v) is 4.15. The Hall–Kier alpha value is 0.310. The minimum atomic E-state index is 0.798. The molecule has 0 aromatic heterocycles. The van der Waals surface area contributed by atoms with E-state index >= 15 is 0 Å². The molecule has 0 bridgehead atoms. The summed E-state index contributed by atoms with van der Waals surface area (Å²) in [5.74, 6) is 1.86. The highest BCUT2D eigenvalue weighted by molar-refractivity contribution is 7.80. The molecule has 15 heavy (non-hydrogen) atoms. The molecule has 0 aromatic rings. The topological polar surface area (TPSA) is 3.24 Å². The summed E-state index contributed by atoms with van der Waals surface area (Å²) in [4.78, 5) is 2.70. The lowest BCUT2D eigenvalue weighted by Crippen LogP contribution is -2.37. The van der Waals surface area contributed by atoms with Crippen LogP contribution in [-0.4, -0.2) is 29.8 Å². The van der Waals surface area contributed by atoms with Crippen LogP contribution in [-0.2, 0) is 0 Å². The second-order valence-corrected chi connectivity index (χ2v) is 5.40. The summed E-state index contributed by atoms with van der Waals surface area (Å²) >= 11 is 4.48. The van der Waals surface area contributed by atoms with Crippen molar-refractivity contribution in [3.63, 3.8) is 0 Å². The Morgan fingerprint density at radius 2 is 2.13 bits per heavy atom. The predicted octanol–water partition coefficient (Wildman–Crippen LogP) is 3.60. The van der Waals surface area contributed by atoms with Crippen LogP contribution in [0.4, 0.5) is 0 Å². The Kier molecular flexibility index (Phi) is 6.74. The normalized spacial score (nSPS) is 26.2. The van der Waals surface area contributed by atoms with Gasteiger partial charge in [-0.25, -0.2) is 0 Å². The van der Waals surface area contributed by atoms with E-state index in [9.17, 15) is 0 Å². The Labute approximate surface area is 101 Å². The van der Waals surface area contributed by atoms with Crippen LogP contribution in [0.15, 0.2) is 0 Å². The van der Waals surface area contributed by atoms with Gasteiger partial charge in [0.1, 0.15) is 0 Å². The number of rotatable bonds is 5. The third-order valence-electron chi connectivity index (χ3n) is 3.64. The molecule has 2 heteroatoms. The number of thiol groups is 1. The van der Waals surface area contributed by atoms with Crippen LogP contribution in [0.5, 0.6) is 0 Å². The van der Waals surface area contributed by atoms with Crippen LogP contribution < -0.4 is 0 Å². The van der Waals surface area contributed by atoms with E-state index in [1.165, 1.54) is 51.6 Å². The molecule has 1 fully saturated rings. The smallest absolute Gasteiger partial charge is 0.00670 e. The molecule has 90 valence electrons. The van der Waals surface area contributed by atoms with Gasteiger partial charge in [-0.15, -0.1) is 0 Å². The molecule has 0 radical (unpaired) electrons. The molecule has 1 heterocycles. The van der Waals surface area contributed by atoms with Gasteiger partial charge in [0.2, 0.25) is 0 Å². The van der Waals surface area contributed by atoms with Crippen LogP contribution in [0, 0.1) is 5.92 Å². The van der Waals surface area contributed by atoms with Crippen molar-refractivity contribution in [2.24, 2.45) is 5.92 Å². The number of hydrogen-bond donors (Lipinski definition) is 1. The second-order valence-electron chi connectivity index (χ2n) is 5.03. The first-order valence-electron chi connectivity index (χ1n) is 6.62. The van der Waals surface area contributed by atoms with Crippen molar-refractivity contribution in [2.75, 3.05) is 18.8 Å². The lowest BCUT2D eigenvalue weighted by molar-refractivity contribution is 0.183. The Bertz CT molecular complexity index is 161. The van der Waals surface area contributed by atoms with Crippen LogP contribution >= 0.6 is 12.6 Å². The van der Waals surface area contributed by atoms with Gasteiger partial charge in [-0.2, -0.15) is 12.6 Å². The van der Waals surface area contributed by atoms with Crippen molar-refractivity contribution >= 4 is 12.6 Å². The van der Waals surface area contributed by atoms with E-state index < -0.39 is 0 Å². The maximum atomic E-state index is 4.48. The van der Waals surface area contributed by atoms with E-state index in [1.54, 1.807) is 0 Å². The molecule has 0 aliphatic carbocycles. The Morgan fingerprint density at radius 1 is 1.33 bits per heavy atom. The van der Waals surface area contributed by atoms with Gasteiger partial charge in [0, 0.05) is 12.6 Å². The van der Waals surface area contributed by atoms with Crippen molar-refractivity contribution in [1.29, 1.82) is 0 Å². The molecule has 0 aromatic carbocycles. The van der Waals surface area contributed by atoms with Gasteiger partial charge in [-0.3, -0.25) is 0 Å². The molecular weight excluding hydrogens is 202 g/mol. The van der Waals surface area contributed by atoms with E-state index in [0.29, 0.717) is 0 Å². The summed E-state index contributed by atoms with van der Waals surface area (Å²) in [6, 6.07) is 0.798. The first-order chi connectivity index (χ1) is 7.27. The first-order valence-corrected chi connectivity index (χ1v) is 7.26. The Morgan fingerprint density at radius 3 is 2.80 bits per heavy atom. The van der Waals surface area contributed by atoms with Crippen LogP contribution in [0.2, 0.25) is 0 Å². The van der Waals surface area contributed by atoms with Gasteiger partial charge < -0.3 is 4.90 Å². The quantitative estimate of drug-likeness (QED) is 0.705. The zero-order valence-electron chi connectivity index (χ0n) is 10.4. The summed E-state index contributed by atoms with van der Waals surface area (Å²) in [6.07, 6.45) is 8.29. The number of nitrogens with zero attached hydrogens (tertiary/aromatic N) is 1. The van der Waals surface area contributed by atoms with Crippen molar-refractivity contribution in [3.05, 3.63) is 0 Å². The summed E-state index contributed by atoms with van der Waals surface area (Å²) < 4.78 is 0. The molecule has 1 nitrogen and oxygen atoms in total. The lowest BCUT2D eigenvalue weighted by Gasteiger charge is -2.30. The minimum absolute atomic E-state index is 0.798. The van der Waals surface area contributed by atoms with Gasteiger partial charge in [0.15, 0.2) is 0 Å². The van der Waals surface area contributed by atoms with Gasteiger partial charge in [0.25, 0.3) is 0 Å². The van der Waals surface area contributed by atoms with Gasteiger partial charge in [0.05, 0.1) is 0 Å². The molecule has 0 amide bonds. The fraction of sp³-hybridized carbons (Fsp3) is 1.00. The van der Waals surface area contributed by atoms with E-state index in [4.69, 9.17) is 0 Å². The minimum Gasteiger partial charge on any atom is -0.300 e. The van der Waals surface area contributed by atoms with E-state index in [1.807, 2.05) is 0 Å². The van der Waals surface area contributed by atoms with Crippen molar-refractivity contribution in [1.82, 2.24) is 4.90 Å². The standard InChI is InChI=1S/C13H27NS/c1-3-7-13(11-15)10-14-9-6-4-5-8-12(14)2/h12-13,15H,3-11H2,1-2H3. The summed E-state index contributed by atoms with van der Waals surface area (Å²) in [5.41, 5.74) is 0. The van der Waals surface area contributed by atoms with E-state index in [0.717, 1.165) is 17.7 Å². The van der Waals surface area contributed by atoms with Crippen molar-refractivity contribution < 1.29 is 0 Å². The number of hydrogen-bond acceptors (Lipinski definition) is 2. The predicted molar refractivity (Wildman–Crippen MR) is 71.8 cm³/mol. The summed E-state index contributed by atoms with van der Waals surface area (Å²) in [6.45, 7) is 7.27. The monoisotopic (exact) mass is 229 g/mol. The molecule has 1 rings (SSSR count). The Balaban J connectivity index is 2.38. The molecule has 0 saturated carbocycles. The fourth-order valence-electron chi connectivity index (χ4n) is 2.59. The highest BCUT2D eigenvalue weighted by Crippen LogP contribution is 2.19. The maximum Gasteiger partial charge on any atom is 0.00670 e. The summed E-state index contributed by atoms with van der Waals surface area (Å²) in [5, 5.41) is 0. The average molecular weight is 229 g/mol. The van der Waals surface area contributed by atoms with Crippen molar-refractivity contribution in [2.45, 2.75) is 58.4 Å². The van der Waals surface area contributed by atoms with Crippen LogP contribution in [0.1, 0.15) is 52.4 Å². The zero-order valence-corrected chi connectivity index (χ0v) is 11.3. The third kappa shape index (κ3) is 4.78. The largest absolute Gasteiger partial charge is 0.300 e. The lowest BCUT2D eigenvalue weighted by atomic mass is 10.0. The molecule has 2 atom stereocenters. The van der Waals surface area contributed by atoms with Gasteiger partial charge >= 0.3 is 0 Å². The molecular formula is C13H27NS. The molecule has 0 spiro atoms. The summed E-state index contributed by atoms with van der Waals surface area (Å²) in [7, 11) is 0. The van der Waals surface area contributed by atoms with E-state index in [-0.39, 0.29) is 0 Å². The van der Waals surface area contributed by atoms with Gasteiger partial charge in [-0.1, -0.05) is 26.2 Å². The fourth-order valence-corrected chi connectivity index (χ4v) is 2.88. The number of likely N-dealkylation sites (tertiary alicyclic amines) is 1. The second kappa shape index (κ2) is 7.56. The molecule has 1 aliphatic rings.